The molecule has 18 heavy (non-hydrogen) atoms. The van der Waals surface area contributed by atoms with Gasteiger partial charge in [0.1, 0.15) is 0 Å². The molecule has 0 aromatic carbocycles. The second-order valence-electron chi connectivity index (χ2n) is 6.32. The van der Waals surface area contributed by atoms with Gasteiger partial charge in [-0.1, -0.05) is 0 Å². The Morgan fingerprint density at radius 2 is 1.83 bits per heavy atom. The summed E-state index contributed by atoms with van der Waals surface area (Å²) in [5.41, 5.74) is 0. The lowest BCUT2D eigenvalue weighted by atomic mass is 9.95. The van der Waals surface area contributed by atoms with Crippen LogP contribution in [0.4, 0.5) is 0 Å². The summed E-state index contributed by atoms with van der Waals surface area (Å²) < 4.78 is 5.62. The van der Waals surface area contributed by atoms with E-state index in [0.29, 0.717) is 6.04 Å². The summed E-state index contributed by atoms with van der Waals surface area (Å²) >= 11 is 0. The minimum absolute atomic E-state index is 0.668. The van der Waals surface area contributed by atoms with Gasteiger partial charge in [0.15, 0.2) is 0 Å². The maximum Gasteiger partial charge on any atom is 0.0506 e. The molecular weight excluding hydrogens is 224 g/mol. The Bertz CT molecular complexity index is 201. The van der Waals surface area contributed by atoms with E-state index in [9.17, 15) is 0 Å². The van der Waals surface area contributed by atoms with Gasteiger partial charge in [-0.2, -0.15) is 0 Å². The second kappa shape index (κ2) is 7.46. The average Bonchev–Trinajstić information content (AvgIpc) is 2.40. The first-order chi connectivity index (χ1) is 8.75. The molecule has 0 aromatic heterocycles. The van der Waals surface area contributed by atoms with Crippen LogP contribution in [0.25, 0.3) is 0 Å². The van der Waals surface area contributed by atoms with E-state index < -0.39 is 0 Å². The molecule has 1 N–H and O–H groups in total. The first kappa shape index (κ1) is 14.3. The number of hydrogen-bond acceptors (Lipinski definition) is 3. The van der Waals surface area contributed by atoms with Crippen molar-refractivity contribution in [1.29, 1.82) is 0 Å². The fourth-order valence-corrected chi connectivity index (χ4v) is 3.18. The lowest BCUT2D eigenvalue weighted by Gasteiger charge is -2.36. The SMILES string of the molecule is CC(C)N(CC1CCNCC1)CC1CCCOC1. The zero-order valence-corrected chi connectivity index (χ0v) is 12.2. The third-order valence-corrected chi connectivity index (χ3v) is 4.43. The van der Waals surface area contributed by atoms with Crippen molar-refractivity contribution in [3.05, 3.63) is 0 Å². The molecule has 0 spiro atoms. The monoisotopic (exact) mass is 254 g/mol. The van der Waals surface area contributed by atoms with Crippen LogP contribution in [0.2, 0.25) is 0 Å². The summed E-state index contributed by atoms with van der Waals surface area (Å²) in [6.07, 6.45) is 5.31. The molecule has 1 atom stereocenters. The van der Waals surface area contributed by atoms with E-state index in [4.69, 9.17) is 4.74 Å². The van der Waals surface area contributed by atoms with Crippen molar-refractivity contribution in [2.24, 2.45) is 11.8 Å². The van der Waals surface area contributed by atoms with Gasteiger partial charge in [0.05, 0.1) is 6.61 Å². The highest BCUT2D eigenvalue weighted by Gasteiger charge is 2.23. The molecule has 0 aliphatic carbocycles. The Balaban J connectivity index is 1.78. The molecule has 0 aromatic rings. The lowest BCUT2D eigenvalue weighted by Crippen LogP contribution is -2.43. The smallest absolute Gasteiger partial charge is 0.0506 e. The first-order valence-corrected chi connectivity index (χ1v) is 7.78. The zero-order chi connectivity index (χ0) is 12.8. The molecule has 3 nitrogen and oxygen atoms in total. The summed E-state index contributed by atoms with van der Waals surface area (Å²) in [5.74, 6) is 1.67. The number of ether oxygens (including phenoxy) is 1. The van der Waals surface area contributed by atoms with Crippen molar-refractivity contribution < 1.29 is 4.74 Å². The third-order valence-electron chi connectivity index (χ3n) is 4.43. The molecule has 3 heteroatoms. The number of piperidine rings is 1. The molecule has 2 rings (SSSR count). The van der Waals surface area contributed by atoms with Crippen molar-refractivity contribution in [1.82, 2.24) is 10.2 Å². The molecule has 2 fully saturated rings. The van der Waals surface area contributed by atoms with Gasteiger partial charge in [-0.3, -0.25) is 0 Å². The maximum absolute atomic E-state index is 5.62. The van der Waals surface area contributed by atoms with Gasteiger partial charge in [0, 0.05) is 25.7 Å². The largest absolute Gasteiger partial charge is 0.381 e. The van der Waals surface area contributed by atoms with Crippen LogP contribution in [-0.4, -0.2) is 50.3 Å². The molecule has 2 aliphatic rings. The highest BCUT2D eigenvalue weighted by atomic mass is 16.5. The van der Waals surface area contributed by atoms with Crippen LogP contribution in [0.1, 0.15) is 39.5 Å². The van der Waals surface area contributed by atoms with E-state index in [1.54, 1.807) is 0 Å². The van der Waals surface area contributed by atoms with Crippen molar-refractivity contribution in [2.75, 3.05) is 39.4 Å². The van der Waals surface area contributed by atoms with Crippen LogP contribution in [-0.2, 0) is 4.74 Å². The van der Waals surface area contributed by atoms with Gasteiger partial charge in [-0.25, -0.2) is 0 Å². The second-order valence-corrected chi connectivity index (χ2v) is 6.32. The van der Waals surface area contributed by atoms with Crippen molar-refractivity contribution in [2.45, 2.75) is 45.6 Å². The van der Waals surface area contributed by atoms with Crippen molar-refractivity contribution in [3.63, 3.8) is 0 Å². The molecule has 0 amide bonds. The number of nitrogens with zero attached hydrogens (tertiary/aromatic N) is 1. The van der Waals surface area contributed by atoms with E-state index in [1.165, 1.54) is 51.9 Å². The minimum atomic E-state index is 0.668. The summed E-state index contributed by atoms with van der Waals surface area (Å²) in [6.45, 7) is 11.6. The first-order valence-electron chi connectivity index (χ1n) is 7.78. The van der Waals surface area contributed by atoms with Crippen LogP contribution in [0.3, 0.4) is 0 Å². The van der Waals surface area contributed by atoms with Gasteiger partial charge in [0.25, 0.3) is 0 Å². The number of nitrogens with one attached hydrogen (secondary N) is 1. The molecule has 2 saturated heterocycles. The van der Waals surface area contributed by atoms with Crippen molar-refractivity contribution in [3.8, 4) is 0 Å². The van der Waals surface area contributed by atoms with Crippen molar-refractivity contribution >= 4 is 0 Å². The van der Waals surface area contributed by atoms with Crippen LogP contribution in [0, 0.1) is 11.8 Å². The van der Waals surface area contributed by atoms with E-state index >= 15 is 0 Å². The molecule has 106 valence electrons. The molecule has 2 aliphatic heterocycles. The summed E-state index contributed by atoms with van der Waals surface area (Å²) in [6, 6.07) is 0.668. The van der Waals surface area contributed by atoms with E-state index in [-0.39, 0.29) is 0 Å². The van der Waals surface area contributed by atoms with Gasteiger partial charge < -0.3 is 15.0 Å². The van der Waals surface area contributed by atoms with E-state index in [0.717, 1.165) is 25.0 Å². The van der Waals surface area contributed by atoms with Gasteiger partial charge in [-0.05, 0) is 64.5 Å². The summed E-state index contributed by atoms with van der Waals surface area (Å²) in [4.78, 5) is 2.69. The van der Waals surface area contributed by atoms with Crippen LogP contribution >= 0.6 is 0 Å². The molecule has 0 radical (unpaired) electrons. The van der Waals surface area contributed by atoms with Gasteiger partial charge in [-0.15, -0.1) is 0 Å². The lowest BCUT2D eigenvalue weighted by molar-refractivity contribution is 0.0291. The molecule has 1 unspecified atom stereocenters. The minimum Gasteiger partial charge on any atom is -0.381 e. The van der Waals surface area contributed by atoms with Gasteiger partial charge >= 0.3 is 0 Å². The van der Waals surface area contributed by atoms with Crippen LogP contribution in [0.5, 0.6) is 0 Å². The number of hydrogen-bond donors (Lipinski definition) is 1. The average molecular weight is 254 g/mol. The maximum atomic E-state index is 5.62. The fraction of sp³-hybridized carbons (Fsp3) is 1.00. The molecule has 0 bridgehead atoms. The highest BCUT2D eigenvalue weighted by molar-refractivity contribution is 4.77. The Hall–Kier alpha value is -0.120. The van der Waals surface area contributed by atoms with Crippen LogP contribution < -0.4 is 5.32 Å². The van der Waals surface area contributed by atoms with Crippen LogP contribution in [0.15, 0.2) is 0 Å². The quantitative estimate of drug-likeness (QED) is 0.813. The van der Waals surface area contributed by atoms with E-state index in [1.807, 2.05) is 0 Å². The molecule has 2 heterocycles. The predicted molar refractivity (Wildman–Crippen MR) is 75.8 cm³/mol. The Morgan fingerprint density at radius 3 is 2.44 bits per heavy atom. The third kappa shape index (κ3) is 4.52. The molecular formula is C15H30N2O. The Labute approximate surface area is 112 Å². The summed E-state index contributed by atoms with van der Waals surface area (Å²) in [5, 5.41) is 3.46. The number of rotatable bonds is 5. The topological polar surface area (TPSA) is 24.5 Å². The normalized spacial score (nSPS) is 27.0. The fourth-order valence-electron chi connectivity index (χ4n) is 3.18. The summed E-state index contributed by atoms with van der Waals surface area (Å²) in [7, 11) is 0. The Kier molecular flexibility index (Phi) is 5.93. The van der Waals surface area contributed by atoms with E-state index in [2.05, 4.69) is 24.1 Å². The molecule has 0 saturated carbocycles. The standard InChI is InChI=1S/C15H30N2O/c1-13(2)17(10-14-5-7-16-8-6-14)11-15-4-3-9-18-12-15/h13-16H,3-12H2,1-2H3. The Morgan fingerprint density at radius 1 is 1.11 bits per heavy atom. The van der Waals surface area contributed by atoms with Gasteiger partial charge in [0.2, 0.25) is 0 Å². The highest BCUT2D eigenvalue weighted by Crippen LogP contribution is 2.20. The predicted octanol–water partition coefficient (Wildman–Crippen LogP) is 2.12. The zero-order valence-electron chi connectivity index (χ0n) is 12.2.